The van der Waals surface area contributed by atoms with Crippen LogP contribution < -0.4 is 5.32 Å². The van der Waals surface area contributed by atoms with Gasteiger partial charge in [-0.2, -0.15) is 13.2 Å². The fraction of sp³-hybridized carbons (Fsp3) is 0.176. The Balaban J connectivity index is 2.03. The Labute approximate surface area is 146 Å². The Morgan fingerprint density at radius 1 is 1.20 bits per heavy atom. The molecule has 130 valence electrons. The molecule has 1 amide bonds. The average molecular weight is 368 g/mol. The lowest BCUT2D eigenvalue weighted by Gasteiger charge is -2.14. The van der Waals surface area contributed by atoms with Gasteiger partial charge in [0.05, 0.1) is 16.9 Å². The molecule has 1 aromatic carbocycles. The number of nitrogens with one attached hydrogen (secondary N) is 1. The van der Waals surface area contributed by atoms with E-state index in [1.54, 1.807) is 29.7 Å². The Bertz CT molecular complexity index is 979. The molecule has 3 rings (SSSR count). The molecule has 3 aromatic rings. The maximum Gasteiger partial charge on any atom is 0.418 e. The van der Waals surface area contributed by atoms with Gasteiger partial charge in [0, 0.05) is 11.2 Å². The number of hydrogen-bond acceptors (Lipinski definition) is 2. The van der Waals surface area contributed by atoms with Gasteiger partial charge in [-0.15, -0.1) is 0 Å². The van der Waals surface area contributed by atoms with E-state index in [-0.39, 0.29) is 16.4 Å². The molecule has 0 saturated carbocycles. The largest absolute Gasteiger partial charge is 0.418 e. The van der Waals surface area contributed by atoms with Crippen molar-refractivity contribution < 1.29 is 18.0 Å². The molecule has 1 N–H and O–H groups in total. The highest BCUT2D eigenvalue weighted by Gasteiger charge is 2.34. The molecule has 2 aromatic heterocycles. The molecule has 0 saturated heterocycles. The van der Waals surface area contributed by atoms with Crippen molar-refractivity contribution in [3.8, 4) is 0 Å². The topological polar surface area (TPSA) is 46.4 Å². The minimum atomic E-state index is -4.64. The van der Waals surface area contributed by atoms with E-state index in [9.17, 15) is 18.0 Å². The summed E-state index contributed by atoms with van der Waals surface area (Å²) in [6.45, 7) is 3.51. The summed E-state index contributed by atoms with van der Waals surface area (Å²) >= 11 is 5.65. The number of alkyl halides is 3. The van der Waals surface area contributed by atoms with E-state index in [0.29, 0.717) is 11.3 Å². The standard InChI is InChI=1S/C17H13ClF3N3O/c1-9-5-6-24-14(7-9)22-10(2)15(24)16(25)23-13-4-3-11(18)8-12(13)17(19,20)21/h3-8H,1-2H3,(H,23,25). The molecule has 0 aliphatic heterocycles. The first kappa shape index (κ1) is 17.3. The van der Waals surface area contributed by atoms with Gasteiger partial charge in [0.25, 0.3) is 5.91 Å². The number of benzene rings is 1. The lowest BCUT2D eigenvalue weighted by atomic mass is 10.1. The normalized spacial score (nSPS) is 11.8. The fourth-order valence-corrected chi connectivity index (χ4v) is 2.75. The van der Waals surface area contributed by atoms with Crippen LogP contribution in [0.2, 0.25) is 5.02 Å². The number of halogens is 4. The predicted molar refractivity (Wildman–Crippen MR) is 89.1 cm³/mol. The van der Waals surface area contributed by atoms with Crippen LogP contribution >= 0.6 is 11.6 Å². The predicted octanol–water partition coefficient (Wildman–Crippen LogP) is 4.88. The smallest absolute Gasteiger partial charge is 0.320 e. The third kappa shape index (κ3) is 3.32. The molecule has 8 heteroatoms. The maximum atomic E-state index is 13.2. The summed E-state index contributed by atoms with van der Waals surface area (Å²) in [4.78, 5) is 16.9. The number of hydrogen-bond donors (Lipinski definition) is 1. The molecule has 4 nitrogen and oxygen atoms in total. The zero-order chi connectivity index (χ0) is 18.4. The minimum Gasteiger partial charge on any atom is -0.320 e. The number of aromatic nitrogens is 2. The summed E-state index contributed by atoms with van der Waals surface area (Å²) in [5.74, 6) is -0.679. The number of rotatable bonds is 2. The molecular weight excluding hydrogens is 355 g/mol. The highest BCUT2D eigenvalue weighted by molar-refractivity contribution is 6.30. The Kier molecular flexibility index (Phi) is 4.20. The van der Waals surface area contributed by atoms with Gasteiger partial charge in [-0.1, -0.05) is 11.6 Å². The first-order valence-electron chi connectivity index (χ1n) is 7.30. The summed E-state index contributed by atoms with van der Waals surface area (Å²) in [5.41, 5.74) is 0.749. The highest BCUT2D eigenvalue weighted by atomic mass is 35.5. The number of nitrogens with zero attached hydrogens (tertiary/aromatic N) is 2. The van der Waals surface area contributed by atoms with Crippen molar-refractivity contribution >= 4 is 28.8 Å². The molecule has 0 aliphatic rings. The van der Waals surface area contributed by atoms with E-state index in [1.807, 2.05) is 6.92 Å². The van der Waals surface area contributed by atoms with E-state index < -0.39 is 17.6 Å². The van der Waals surface area contributed by atoms with Crippen LogP contribution in [0.15, 0.2) is 36.5 Å². The number of carbonyl (C=O) groups excluding carboxylic acids is 1. The molecule has 2 heterocycles. The second-order valence-corrected chi connectivity index (χ2v) is 6.06. The third-order valence-electron chi connectivity index (χ3n) is 3.71. The molecule has 0 bridgehead atoms. The maximum absolute atomic E-state index is 13.2. The monoisotopic (exact) mass is 367 g/mol. The van der Waals surface area contributed by atoms with E-state index in [0.717, 1.165) is 17.7 Å². The second-order valence-electron chi connectivity index (χ2n) is 5.62. The van der Waals surface area contributed by atoms with Crippen LogP contribution in [0.5, 0.6) is 0 Å². The van der Waals surface area contributed by atoms with E-state index in [1.165, 1.54) is 6.07 Å². The lowest BCUT2D eigenvalue weighted by Crippen LogP contribution is -2.19. The van der Waals surface area contributed by atoms with Gasteiger partial charge in [0.1, 0.15) is 11.3 Å². The van der Waals surface area contributed by atoms with Gasteiger partial charge in [0.2, 0.25) is 0 Å². The van der Waals surface area contributed by atoms with E-state index in [4.69, 9.17) is 11.6 Å². The number of amides is 1. The van der Waals surface area contributed by atoms with Crippen LogP contribution in [0.4, 0.5) is 18.9 Å². The highest BCUT2D eigenvalue weighted by Crippen LogP contribution is 2.36. The summed E-state index contributed by atoms with van der Waals surface area (Å²) in [6.07, 6.45) is -2.98. The molecule has 0 unspecified atom stereocenters. The van der Waals surface area contributed by atoms with Crippen LogP contribution in [0.3, 0.4) is 0 Å². The van der Waals surface area contributed by atoms with Crippen LogP contribution in [-0.4, -0.2) is 15.3 Å². The zero-order valence-electron chi connectivity index (χ0n) is 13.3. The molecular formula is C17H13ClF3N3O. The van der Waals surface area contributed by atoms with Crippen molar-refractivity contribution in [3.05, 3.63) is 64.1 Å². The Hall–Kier alpha value is -2.54. The molecule has 0 atom stereocenters. The van der Waals surface area contributed by atoms with Crippen molar-refractivity contribution in [2.75, 3.05) is 5.32 Å². The number of aryl methyl sites for hydroxylation is 2. The second kappa shape index (κ2) is 6.07. The fourth-order valence-electron chi connectivity index (χ4n) is 2.58. The first-order valence-corrected chi connectivity index (χ1v) is 7.68. The van der Waals surface area contributed by atoms with Crippen LogP contribution in [-0.2, 0) is 6.18 Å². The van der Waals surface area contributed by atoms with E-state index >= 15 is 0 Å². The molecule has 0 radical (unpaired) electrons. The number of imidazole rings is 1. The summed E-state index contributed by atoms with van der Waals surface area (Å²) < 4.78 is 41.1. The van der Waals surface area contributed by atoms with Crippen LogP contribution in [0, 0.1) is 13.8 Å². The van der Waals surface area contributed by atoms with Crippen molar-refractivity contribution in [3.63, 3.8) is 0 Å². The minimum absolute atomic E-state index is 0.0632. The number of anilines is 1. The van der Waals surface area contributed by atoms with Crippen LogP contribution in [0.25, 0.3) is 5.65 Å². The van der Waals surface area contributed by atoms with Crippen molar-refractivity contribution in [2.45, 2.75) is 20.0 Å². The number of carbonyl (C=O) groups is 1. The van der Waals surface area contributed by atoms with Gasteiger partial charge in [-0.3, -0.25) is 9.20 Å². The molecule has 25 heavy (non-hydrogen) atoms. The van der Waals surface area contributed by atoms with Crippen LogP contribution in [0.1, 0.15) is 27.3 Å². The summed E-state index contributed by atoms with van der Waals surface area (Å²) in [5, 5.41) is 2.25. The van der Waals surface area contributed by atoms with Gasteiger partial charge < -0.3 is 5.32 Å². The van der Waals surface area contributed by atoms with Gasteiger partial charge in [-0.25, -0.2) is 4.98 Å². The quantitative estimate of drug-likeness (QED) is 0.702. The Morgan fingerprint density at radius 2 is 1.92 bits per heavy atom. The Morgan fingerprint density at radius 3 is 2.60 bits per heavy atom. The molecule has 0 fully saturated rings. The zero-order valence-corrected chi connectivity index (χ0v) is 14.0. The van der Waals surface area contributed by atoms with Gasteiger partial charge in [0.15, 0.2) is 0 Å². The van der Waals surface area contributed by atoms with Crippen molar-refractivity contribution in [1.82, 2.24) is 9.38 Å². The third-order valence-corrected chi connectivity index (χ3v) is 3.94. The summed E-state index contributed by atoms with van der Waals surface area (Å²) in [6, 6.07) is 6.77. The first-order chi connectivity index (χ1) is 11.7. The average Bonchev–Trinajstić information content (AvgIpc) is 2.82. The SMILES string of the molecule is Cc1ccn2c(C(=O)Nc3ccc(Cl)cc3C(F)(F)F)c(C)nc2c1. The number of pyridine rings is 1. The van der Waals surface area contributed by atoms with Crippen molar-refractivity contribution in [2.24, 2.45) is 0 Å². The number of fused-ring (bicyclic) bond motifs is 1. The summed E-state index contributed by atoms with van der Waals surface area (Å²) in [7, 11) is 0. The van der Waals surface area contributed by atoms with E-state index in [2.05, 4.69) is 10.3 Å². The lowest BCUT2D eigenvalue weighted by molar-refractivity contribution is -0.136. The molecule has 0 aliphatic carbocycles. The van der Waals surface area contributed by atoms with Crippen molar-refractivity contribution in [1.29, 1.82) is 0 Å². The van der Waals surface area contributed by atoms with Gasteiger partial charge in [-0.05, 0) is 49.7 Å². The van der Waals surface area contributed by atoms with Gasteiger partial charge >= 0.3 is 6.18 Å². The molecule has 0 spiro atoms.